The monoisotopic (exact) mass is 381 g/mol. The van der Waals surface area contributed by atoms with Gasteiger partial charge in [-0.15, -0.1) is 0 Å². The van der Waals surface area contributed by atoms with E-state index in [4.69, 9.17) is 32.7 Å². The van der Waals surface area contributed by atoms with Gasteiger partial charge < -0.3 is 14.8 Å². The van der Waals surface area contributed by atoms with Crippen LogP contribution in [0.2, 0.25) is 10.0 Å². The lowest BCUT2D eigenvalue weighted by Crippen LogP contribution is -2.39. The van der Waals surface area contributed by atoms with Crippen LogP contribution in [0.5, 0.6) is 5.75 Å². The normalized spacial score (nSPS) is 11.5. The molecule has 0 heterocycles. The lowest BCUT2D eigenvalue weighted by atomic mass is 10.2. The fraction of sp³-hybridized carbons (Fsp3) is 0.222. The lowest BCUT2D eigenvalue weighted by molar-refractivity contribution is -0.146. The summed E-state index contributed by atoms with van der Waals surface area (Å²) in [7, 11) is 0. The maximum absolute atomic E-state index is 12.0. The van der Waals surface area contributed by atoms with Crippen LogP contribution in [0.3, 0.4) is 0 Å². The molecule has 1 unspecified atom stereocenters. The van der Waals surface area contributed by atoms with E-state index in [-0.39, 0.29) is 19.1 Å². The van der Waals surface area contributed by atoms with Gasteiger partial charge in [0.05, 0.1) is 5.02 Å². The van der Waals surface area contributed by atoms with Crippen LogP contribution in [-0.4, -0.2) is 31.1 Å². The van der Waals surface area contributed by atoms with Crippen molar-refractivity contribution in [2.45, 2.75) is 13.0 Å². The highest BCUT2D eigenvalue weighted by Crippen LogP contribution is 2.27. The molecule has 1 amide bonds. The second-order valence-corrected chi connectivity index (χ2v) is 6.00. The quantitative estimate of drug-likeness (QED) is 0.586. The van der Waals surface area contributed by atoms with E-state index in [1.54, 1.807) is 55.5 Å². The molecule has 2 aromatic carbocycles. The summed E-state index contributed by atoms with van der Waals surface area (Å²) in [5, 5.41) is 3.46. The third-order valence-electron chi connectivity index (χ3n) is 3.22. The van der Waals surface area contributed by atoms with E-state index in [0.29, 0.717) is 21.4 Å². The molecule has 0 bridgehead atoms. The number of hydrogen-bond donors (Lipinski definition) is 1. The molecular formula is C18H17Cl2NO4. The molecule has 0 aromatic heterocycles. The Kier molecular flexibility index (Phi) is 7.10. The molecule has 2 aromatic rings. The molecular weight excluding hydrogens is 365 g/mol. The number of halogens is 2. The lowest BCUT2D eigenvalue weighted by Gasteiger charge is -2.14. The number of rotatable bonds is 7. The smallest absolute Gasteiger partial charge is 0.328 e. The van der Waals surface area contributed by atoms with Crippen LogP contribution in [0.25, 0.3) is 0 Å². The van der Waals surface area contributed by atoms with Gasteiger partial charge in [-0.1, -0.05) is 41.4 Å². The van der Waals surface area contributed by atoms with Crippen molar-refractivity contribution in [2.24, 2.45) is 0 Å². The van der Waals surface area contributed by atoms with Crippen LogP contribution in [-0.2, 0) is 9.53 Å². The SMILES string of the molecule is CC(NC(=O)c1ccccc1)C(=O)OCCOc1ccc(Cl)cc1Cl. The van der Waals surface area contributed by atoms with Crippen molar-refractivity contribution < 1.29 is 19.1 Å². The van der Waals surface area contributed by atoms with E-state index in [1.807, 2.05) is 0 Å². The Morgan fingerprint density at radius 3 is 2.48 bits per heavy atom. The summed E-state index contributed by atoms with van der Waals surface area (Å²) in [6, 6.07) is 12.7. The molecule has 0 radical (unpaired) electrons. The predicted octanol–water partition coefficient (Wildman–Crippen LogP) is 3.73. The van der Waals surface area contributed by atoms with Crippen molar-refractivity contribution in [1.82, 2.24) is 5.32 Å². The molecule has 0 saturated heterocycles. The minimum atomic E-state index is -0.771. The molecule has 0 fully saturated rings. The molecule has 0 aliphatic rings. The third-order valence-corrected chi connectivity index (χ3v) is 3.75. The van der Waals surface area contributed by atoms with E-state index in [9.17, 15) is 9.59 Å². The molecule has 25 heavy (non-hydrogen) atoms. The first kappa shape index (κ1) is 19.1. The van der Waals surface area contributed by atoms with Crippen LogP contribution in [0.4, 0.5) is 0 Å². The maximum Gasteiger partial charge on any atom is 0.328 e. The topological polar surface area (TPSA) is 64.6 Å². The first-order valence-electron chi connectivity index (χ1n) is 7.58. The number of carbonyl (C=O) groups is 2. The second kappa shape index (κ2) is 9.30. The van der Waals surface area contributed by atoms with Crippen LogP contribution >= 0.6 is 23.2 Å². The largest absolute Gasteiger partial charge is 0.488 e. The van der Waals surface area contributed by atoms with E-state index in [2.05, 4.69) is 5.32 Å². The molecule has 7 heteroatoms. The summed E-state index contributed by atoms with van der Waals surface area (Å²) in [5.74, 6) is -0.433. The molecule has 2 rings (SSSR count). The summed E-state index contributed by atoms with van der Waals surface area (Å²) in [5.41, 5.74) is 0.475. The fourth-order valence-electron chi connectivity index (χ4n) is 1.94. The summed E-state index contributed by atoms with van der Waals surface area (Å²) < 4.78 is 10.5. The average Bonchev–Trinajstić information content (AvgIpc) is 2.60. The number of benzene rings is 2. The zero-order chi connectivity index (χ0) is 18.2. The molecule has 0 spiro atoms. The highest BCUT2D eigenvalue weighted by molar-refractivity contribution is 6.35. The predicted molar refractivity (Wildman–Crippen MR) is 96.3 cm³/mol. The minimum Gasteiger partial charge on any atom is -0.488 e. The molecule has 1 N–H and O–H groups in total. The molecule has 5 nitrogen and oxygen atoms in total. The number of hydrogen-bond acceptors (Lipinski definition) is 4. The zero-order valence-corrected chi connectivity index (χ0v) is 15.0. The van der Waals surface area contributed by atoms with Gasteiger partial charge in [0.25, 0.3) is 5.91 Å². The molecule has 1 atom stereocenters. The molecule has 132 valence electrons. The van der Waals surface area contributed by atoms with Gasteiger partial charge in [0.1, 0.15) is 25.0 Å². The summed E-state index contributed by atoms with van der Waals surface area (Å²) in [4.78, 5) is 23.9. The Bertz CT molecular complexity index is 737. The van der Waals surface area contributed by atoms with Crippen molar-refractivity contribution in [3.63, 3.8) is 0 Å². The number of ether oxygens (including phenoxy) is 2. The van der Waals surface area contributed by atoms with E-state index < -0.39 is 12.0 Å². The van der Waals surface area contributed by atoms with Crippen molar-refractivity contribution in [2.75, 3.05) is 13.2 Å². The standard InChI is InChI=1S/C18H17Cl2NO4/c1-12(21-17(22)13-5-3-2-4-6-13)18(23)25-10-9-24-16-8-7-14(19)11-15(16)20/h2-8,11-12H,9-10H2,1H3,(H,21,22). The van der Waals surface area contributed by atoms with Gasteiger partial charge in [-0.2, -0.15) is 0 Å². The summed E-state index contributed by atoms with van der Waals surface area (Å²) in [6.45, 7) is 1.72. The van der Waals surface area contributed by atoms with Crippen molar-refractivity contribution >= 4 is 35.1 Å². The van der Waals surface area contributed by atoms with Crippen LogP contribution in [0.15, 0.2) is 48.5 Å². The van der Waals surface area contributed by atoms with E-state index >= 15 is 0 Å². The van der Waals surface area contributed by atoms with Crippen LogP contribution in [0.1, 0.15) is 17.3 Å². The van der Waals surface area contributed by atoms with E-state index in [1.165, 1.54) is 0 Å². The van der Waals surface area contributed by atoms with Gasteiger partial charge in [-0.25, -0.2) is 4.79 Å². The Balaban J connectivity index is 1.73. The van der Waals surface area contributed by atoms with Gasteiger partial charge in [0.15, 0.2) is 0 Å². The zero-order valence-electron chi connectivity index (χ0n) is 13.5. The Morgan fingerprint density at radius 1 is 1.08 bits per heavy atom. The average molecular weight is 382 g/mol. The maximum atomic E-state index is 12.0. The van der Waals surface area contributed by atoms with Crippen molar-refractivity contribution in [1.29, 1.82) is 0 Å². The number of nitrogens with one attached hydrogen (secondary N) is 1. The Hall–Kier alpha value is -2.24. The second-order valence-electron chi connectivity index (χ2n) is 5.15. The third kappa shape index (κ3) is 5.96. The Labute approximate surface area is 155 Å². The molecule has 0 saturated carbocycles. The highest BCUT2D eigenvalue weighted by Gasteiger charge is 2.17. The number of esters is 1. The number of carbonyl (C=O) groups excluding carboxylic acids is 2. The van der Waals surface area contributed by atoms with Gasteiger partial charge >= 0.3 is 5.97 Å². The first-order chi connectivity index (χ1) is 12.0. The molecule has 0 aliphatic carbocycles. The fourth-order valence-corrected chi connectivity index (χ4v) is 2.40. The van der Waals surface area contributed by atoms with Gasteiger partial charge in [-0.05, 0) is 37.3 Å². The Morgan fingerprint density at radius 2 is 1.80 bits per heavy atom. The van der Waals surface area contributed by atoms with Gasteiger partial charge in [0, 0.05) is 10.6 Å². The van der Waals surface area contributed by atoms with Gasteiger partial charge in [-0.3, -0.25) is 4.79 Å². The molecule has 0 aliphatic heterocycles. The number of amides is 1. The van der Waals surface area contributed by atoms with E-state index in [0.717, 1.165) is 0 Å². The highest BCUT2D eigenvalue weighted by atomic mass is 35.5. The van der Waals surface area contributed by atoms with Gasteiger partial charge in [0.2, 0.25) is 0 Å². The summed E-state index contributed by atoms with van der Waals surface area (Å²) in [6.07, 6.45) is 0. The summed E-state index contributed by atoms with van der Waals surface area (Å²) >= 11 is 11.8. The van der Waals surface area contributed by atoms with Crippen LogP contribution < -0.4 is 10.1 Å². The van der Waals surface area contributed by atoms with Crippen molar-refractivity contribution in [3.05, 3.63) is 64.1 Å². The van der Waals surface area contributed by atoms with Crippen LogP contribution in [0, 0.1) is 0 Å². The van der Waals surface area contributed by atoms with Crippen molar-refractivity contribution in [3.8, 4) is 5.75 Å². The minimum absolute atomic E-state index is 0.0311. The first-order valence-corrected chi connectivity index (χ1v) is 8.33.